The number of nitrogens with zero attached hydrogens (tertiary/aromatic N) is 1. The number of ether oxygens (including phenoxy) is 1. The number of nitrogens with two attached hydrogens (primary N) is 1. The number of hydrogen-bond acceptors (Lipinski definition) is 7. The van der Waals surface area contributed by atoms with Crippen LogP contribution in [-0.4, -0.2) is 46.5 Å². The van der Waals surface area contributed by atoms with E-state index < -0.39 is 59.7 Å². The molecule has 152 valence electrons. The molecule has 3 rings (SSSR count). The summed E-state index contributed by atoms with van der Waals surface area (Å²) in [5.74, 6) is -4.37. The van der Waals surface area contributed by atoms with E-state index in [1.54, 1.807) is 20.8 Å². The van der Waals surface area contributed by atoms with E-state index in [1.165, 1.54) is 0 Å². The number of primary amides is 1. The van der Waals surface area contributed by atoms with Crippen LogP contribution in [0.5, 0.6) is 0 Å². The molecule has 1 aliphatic heterocycles. The molecule has 3 aliphatic rings. The predicted molar refractivity (Wildman–Crippen MR) is 92.6 cm³/mol. The molecule has 5 atom stereocenters. The van der Waals surface area contributed by atoms with Gasteiger partial charge in [0.15, 0.2) is 0 Å². The summed E-state index contributed by atoms with van der Waals surface area (Å²) in [7, 11) is 0. The molecule has 2 fully saturated rings. The van der Waals surface area contributed by atoms with Gasteiger partial charge < -0.3 is 20.6 Å². The lowest BCUT2D eigenvalue weighted by Gasteiger charge is -2.23. The van der Waals surface area contributed by atoms with Crippen molar-refractivity contribution in [3.05, 3.63) is 12.2 Å². The van der Waals surface area contributed by atoms with Crippen LogP contribution in [0, 0.1) is 23.7 Å². The van der Waals surface area contributed by atoms with Gasteiger partial charge in [0.1, 0.15) is 11.6 Å². The normalized spacial score (nSPS) is 28.9. The number of imide groups is 1. The van der Waals surface area contributed by atoms with E-state index in [9.17, 15) is 24.0 Å². The lowest BCUT2D eigenvalue weighted by molar-refractivity contribution is -0.200. The molecule has 0 aromatic rings. The fraction of sp³-hybridized carbons (Fsp3) is 0.611. The Balaban J connectivity index is 1.68. The summed E-state index contributed by atoms with van der Waals surface area (Å²) in [5, 5.41) is 2.64. The third-order valence-electron chi connectivity index (χ3n) is 4.99. The Labute approximate surface area is 161 Å². The fourth-order valence-electron chi connectivity index (χ4n) is 3.96. The van der Waals surface area contributed by atoms with Crippen LogP contribution in [0.1, 0.15) is 33.6 Å². The molecule has 1 heterocycles. The number of carbonyl (C=O) groups excluding carboxylic acids is 5. The topological polar surface area (TPSA) is 145 Å². The monoisotopic (exact) mass is 393 g/mol. The third-order valence-corrected chi connectivity index (χ3v) is 4.99. The molecule has 1 saturated carbocycles. The number of nitrogens with one attached hydrogen (secondary N) is 1. The van der Waals surface area contributed by atoms with Crippen molar-refractivity contribution in [1.29, 1.82) is 0 Å². The Bertz CT molecular complexity index is 740. The number of allylic oxidation sites excluding steroid dienone is 2. The first-order valence-corrected chi connectivity index (χ1v) is 9.03. The number of amides is 4. The summed E-state index contributed by atoms with van der Waals surface area (Å²) in [6, 6.07) is -1.50. The van der Waals surface area contributed by atoms with E-state index in [2.05, 4.69) is 5.32 Å². The van der Waals surface area contributed by atoms with Crippen molar-refractivity contribution in [2.75, 3.05) is 0 Å². The maximum Gasteiger partial charge on any atom is 0.408 e. The summed E-state index contributed by atoms with van der Waals surface area (Å²) in [5.41, 5.74) is 4.28. The molecule has 2 bridgehead atoms. The molecule has 10 heteroatoms. The van der Waals surface area contributed by atoms with Gasteiger partial charge in [-0.1, -0.05) is 12.2 Å². The number of hydrogen-bond donors (Lipinski definition) is 2. The minimum Gasteiger partial charge on any atom is -0.444 e. The first kappa shape index (κ1) is 19.8. The van der Waals surface area contributed by atoms with Crippen LogP contribution in [-0.2, 0) is 28.8 Å². The molecular formula is C18H23N3O7. The summed E-state index contributed by atoms with van der Waals surface area (Å²) >= 11 is 0. The smallest absolute Gasteiger partial charge is 0.408 e. The number of carbonyl (C=O) groups is 5. The highest BCUT2D eigenvalue weighted by Crippen LogP contribution is 2.52. The Morgan fingerprint density at radius 1 is 1.18 bits per heavy atom. The van der Waals surface area contributed by atoms with Gasteiger partial charge in [0.2, 0.25) is 5.91 Å². The Morgan fingerprint density at radius 3 is 2.18 bits per heavy atom. The van der Waals surface area contributed by atoms with Gasteiger partial charge >= 0.3 is 12.1 Å². The van der Waals surface area contributed by atoms with E-state index >= 15 is 0 Å². The lowest BCUT2D eigenvalue weighted by atomic mass is 9.85. The number of fused-ring (bicyclic) bond motifs is 5. The van der Waals surface area contributed by atoms with Crippen LogP contribution < -0.4 is 11.1 Å². The van der Waals surface area contributed by atoms with Gasteiger partial charge in [-0.2, -0.15) is 0 Å². The molecule has 28 heavy (non-hydrogen) atoms. The van der Waals surface area contributed by atoms with E-state index in [-0.39, 0.29) is 11.8 Å². The van der Waals surface area contributed by atoms with E-state index in [0.717, 1.165) is 6.42 Å². The largest absolute Gasteiger partial charge is 0.444 e. The first-order valence-electron chi connectivity index (χ1n) is 9.03. The van der Waals surface area contributed by atoms with Crippen molar-refractivity contribution in [1.82, 2.24) is 10.4 Å². The van der Waals surface area contributed by atoms with Gasteiger partial charge in [-0.3, -0.25) is 14.4 Å². The second-order valence-electron chi connectivity index (χ2n) is 8.25. The Morgan fingerprint density at radius 2 is 1.71 bits per heavy atom. The molecule has 4 amide bonds. The fourth-order valence-corrected chi connectivity index (χ4v) is 3.96. The second kappa shape index (κ2) is 6.92. The van der Waals surface area contributed by atoms with Crippen molar-refractivity contribution < 1.29 is 33.5 Å². The van der Waals surface area contributed by atoms with Crippen molar-refractivity contribution in [3.8, 4) is 0 Å². The molecule has 0 unspecified atom stereocenters. The first-order chi connectivity index (χ1) is 13.0. The molecule has 3 N–H and O–H groups in total. The zero-order valence-corrected chi connectivity index (χ0v) is 15.8. The molecule has 1 saturated heterocycles. The molecule has 10 nitrogen and oxygen atoms in total. The highest BCUT2D eigenvalue weighted by Gasteiger charge is 2.61. The molecule has 0 radical (unpaired) electrons. The summed E-state index contributed by atoms with van der Waals surface area (Å²) in [4.78, 5) is 65.8. The van der Waals surface area contributed by atoms with E-state index in [0.29, 0.717) is 5.06 Å². The SMILES string of the molecule is CC(C)(C)OC(=O)N[C@@H](CC(N)=O)C(=O)ON1C(=O)[C@@H]2[C@H](C1=O)[C@@H]1C=C[C@H]2C1. The number of hydroxylamine groups is 2. The minimum absolute atomic E-state index is 0.0449. The number of rotatable bonds is 5. The molecular weight excluding hydrogens is 370 g/mol. The van der Waals surface area contributed by atoms with Crippen LogP contribution in [0.2, 0.25) is 0 Å². The van der Waals surface area contributed by atoms with Gasteiger partial charge in [-0.15, -0.1) is 5.06 Å². The highest BCUT2D eigenvalue weighted by molar-refractivity contribution is 6.06. The van der Waals surface area contributed by atoms with Crippen molar-refractivity contribution in [3.63, 3.8) is 0 Å². The molecule has 0 spiro atoms. The van der Waals surface area contributed by atoms with E-state index in [1.807, 2.05) is 12.2 Å². The van der Waals surface area contributed by atoms with Gasteiger partial charge in [0, 0.05) is 0 Å². The van der Waals surface area contributed by atoms with Crippen LogP contribution in [0.4, 0.5) is 4.79 Å². The third kappa shape index (κ3) is 3.71. The van der Waals surface area contributed by atoms with E-state index in [4.69, 9.17) is 15.3 Å². The zero-order chi connectivity index (χ0) is 20.8. The van der Waals surface area contributed by atoms with Crippen LogP contribution in [0.3, 0.4) is 0 Å². The maximum atomic E-state index is 12.6. The van der Waals surface area contributed by atoms with Gasteiger partial charge in [0.25, 0.3) is 11.8 Å². The van der Waals surface area contributed by atoms with Gasteiger partial charge in [-0.25, -0.2) is 9.59 Å². The summed E-state index contributed by atoms with van der Waals surface area (Å²) in [6.45, 7) is 4.87. The Hall–Kier alpha value is -2.91. The molecule has 2 aliphatic carbocycles. The average molecular weight is 393 g/mol. The summed E-state index contributed by atoms with van der Waals surface area (Å²) in [6.07, 6.45) is 3.01. The Kier molecular flexibility index (Phi) is 4.90. The predicted octanol–water partition coefficient (Wildman–Crippen LogP) is 0.0204. The van der Waals surface area contributed by atoms with Crippen molar-refractivity contribution in [2.24, 2.45) is 29.4 Å². The van der Waals surface area contributed by atoms with Crippen molar-refractivity contribution in [2.45, 2.75) is 45.3 Å². The standard InChI is InChI=1S/C18H23N3O7/c1-18(2,3)27-17(26)20-10(7-11(19)22)16(25)28-21-14(23)12-8-4-5-9(6-8)13(12)15(21)24/h4-5,8-10,12-13H,6-7H2,1-3H3,(H2,19,22)(H,20,26)/t8-,9+,10-,12-,13+/m0/s1. The van der Waals surface area contributed by atoms with Gasteiger partial charge in [0.05, 0.1) is 18.3 Å². The average Bonchev–Trinajstić information content (AvgIpc) is 3.21. The highest BCUT2D eigenvalue weighted by atomic mass is 16.7. The van der Waals surface area contributed by atoms with Crippen LogP contribution in [0.15, 0.2) is 12.2 Å². The zero-order valence-electron chi connectivity index (χ0n) is 15.8. The second-order valence-corrected chi connectivity index (χ2v) is 8.25. The molecule has 0 aromatic heterocycles. The van der Waals surface area contributed by atoms with Gasteiger partial charge in [-0.05, 0) is 39.0 Å². The maximum absolute atomic E-state index is 12.6. The summed E-state index contributed by atoms with van der Waals surface area (Å²) < 4.78 is 5.04. The molecule has 0 aromatic carbocycles. The van der Waals surface area contributed by atoms with Crippen molar-refractivity contribution >= 4 is 29.8 Å². The quantitative estimate of drug-likeness (QED) is 0.495. The number of alkyl carbamates (subject to hydrolysis) is 1. The van der Waals surface area contributed by atoms with Crippen LogP contribution in [0.25, 0.3) is 0 Å². The minimum atomic E-state index is -1.50. The van der Waals surface area contributed by atoms with Crippen LogP contribution >= 0.6 is 0 Å². The lowest BCUT2D eigenvalue weighted by Crippen LogP contribution is -2.48.